The molecule has 0 unspecified atom stereocenters. The summed E-state index contributed by atoms with van der Waals surface area (Å²) >= 11 is 1.44. The van der Waals surface area contributed by atoms with Gasteiger partial charge in [-0.3, -0.25) is 4.57 Å². The number of H-pyrrole nitrogens is 1. The van der Waals surface area contributed by atoms with Crippen LogP contribution in [0.1, 0.15) is 18.1 Å². The van der Waals surface area contributed by atoms with E-state index in [9.17, 15) is 4.79 Å². The average molecular weight is 265 g/mol. The van der Waals surface area contributed by atoms with Gasteiger partial charge in [0.05, 0.1) is 6.61 Å². The van der Waals surface area contributed by atoms with Crippen LogP contribution in [0.2, 0.25) is 0 Å². The number of benzene rings is 1. The van der Waals surface area contributed by atoms with Crippen LogP contribution in [0.3, 0.4) is 0 Å². The van der Waals surface area contributed by atoms with E-state index in [-0.39, 0.29) is 12.3 Å². The fraction of sp³-hybridized carbons (Fsp3) is 0.333. The molecule has 2 N–H and O–H groups in total. The number of aromatic nitrogens is 3. The van der Waals surface area contributed by atoms with Crippen LogP contribution >= 0.6 is 11.8 Å². The van der Waals surface area contributed by atoms with E-state index in [0.717, 1.165) is 16.0 Å². The van der Waals surface area contributed by atoms with E-state index in [1.165, 1.54) is 11.8 Å². The van der Waals surface area contributed by atoms with Gasteiger partial charge in [-0.25, -0.2) is 9.89 Å². The van der Waals surface area contributed by atoms with Crippen molar-refractivity contribution >= 4 is 11.8 Å². The van der Waals surface area contributed by atoms with E-state index in [0.29, 0.717) is 11.7 Å². The highest BCUT2D eigenvalue weighted by atomic mass is 32.2. The van der Waals surface area contributed by atoms with Gasteiger partial charge in [0.1, 0.15) is 0 Å². The first-order valence-electron chi connectivity index (χ1n) is 5.69. The first-order chi connectivity index (χ1) is 8.65. The maximum Gasteiger partial charge on any atom is 0.343 e. The Balaban J connectivity index is 2.31. The Morgan fingerprint density at radius 3 is 2.89 bits per heavy atom. The van der Waals surface area contributed by atoms with E-state index in [1.807, 2.05) is 32.0 Å². The number of nitrogens with one attached hydrogen (secondary N) is 1. The van der Waals surface area contributed by atoms with Crippen molar-refractivity contribution < 1.29 is 5.11 Å². The van der Waals surface area contributed by atoms with Crippen molar-refractivity contribution in [2.45, 2.75) is 37.1 Å². The third-order valence-electron chi connectivity index (χ3n) is 2.66. The molecule has 6 heteroatoms. The summed E-state index contributed by atoms with van der Waals surface area (Å²) in [6.07, 6.45) is 0. The highest BCUT2D eigenvalue weighted by Crippen LogP contribution is 2.28. The lowest BCUT2D eigenvalue weighted by Crippen LogP contribution is -2.16. The van der Waals surface area contributed by atoms with Gasteiger partial charge in [0.15, 0.2) is 5.16 Å². The monoisotopic (exact) mass is 265 g/mol. The van der Waals surface area contributed by atoms with Crippen LogP contribution in [-0.4, -0.2) is 19.9 Å². The molecule has 0 saturated heterocycles. The van der Waals surface area contributed by atoms with E-state index in [2.05, 4.69) is 10.2 Å². The number of rotatable bonds is 4. The first-order valence-corrected chi connectivity index (χ1v) is 6.50. The minimum Gasteiger partial charge on any atom is -0.392 e. The predicted molar refractivity (Wildman–Crippen MR) is 69.7 cm³/mol. The van der Waals surface area contributed by atoms with Crippen molar-refractivity contribution in [3.63, 3.8) is 0 Å². The van der Waals surface area contributed by atoms with Crippen LogP contribution in [0.15, 0.2) is 33.0 Å². The van der Waals surface area contributed by atoms with Crippen molar-refractivity contribution in [1.82, 2.24) is 14.8 Å². The number of nitrogens with zero attached hydrogens (tertiary/aromatic N) is 2. The van der Waals surface area contributed by atoms with Gasteiger partial charge in [-0.15, -0.1) is 5.10 Å². The Hall–Kier alpha value is -1.53. The summed E-state index contributed by atoms with van der Waals surface area (Å²) in [7, 11) is 0. The van der Waals surface area contributed by atoms with E-state index < -0.39 is 0 Å². The van der Waals surface area contributed by atoms with Crippen molar-refractivity contribution in [2.75, 3.05) is 0 Å². The third kappa shape index (κ3) is 2.49. The van der Waals surface area contributed by atoms with Gasteiger partial charge >= 0.3 is 5.69 Å². The van der Waals surface area contributed by atoms with E-state index in [1.54, 1.807) is 4.57 Å². The standard InChI is InChI=1S/C12H15N3O2S/c1-3-15-11(17)13-14-12(15)18-10-5-4-9(7-16)6-8(10)2/h4-6,16H,3,7H2,1-2H3,(H,13,17). The van der Waals surface area contributed by atoms with Crippen LogP contribution < -0.4 is 5.69 Å². The molecule has 0 amide bonds. The van der Waals surface area contributed by atoms with Gasteiger partial charge in [0.2, 0.25) is 0 Å². The molecule has 0 aliphatic heterocycles. The number of aliphatic hydroxyl groups is 1. The summed E-state index contributed by atoms with van der Waals surface area (Å²) in [5.74, 6) is 0. The molecule has 0 aliphatic rings. The van der Waals surface area contributed by atoms with Gasteiger partial charge in [0, 0.05) is 11.4 Å². The molecule has 1 aromatic carbocycles. The number of hydrogen-bond donors (Lipinski definition) is 2. The molecule has 18 heavy (non-hydrogen) atoms. The van der Waals surface area contributed by atoms with Crippen molar-refractivity contribution in [3.05, 3.63) is 39.8 Å². The largest absolute Gasteiger partial charge is 0.392 e. The number of aliphatic hydroxyl groups excluding tert-OH is 1. The predicted octanol–water partition coefficient (Wildman–Crippen LogP) is 1.54. The van der Waals surface area contributed by atoms with Crippen LogP contribution in [0.5, 0.6) is 0 Å². The molecule has 1 heterocycles. The first kappa shape index (κ1) is 12.9. The highest BCUT2D eigenvalue weighted by Gasteiger charge is 2.10. The summed E-state index contributed by atoms with van der Waals surface area (Å²) in [4.78, 5) is 12.5. The maximum absolute atomic E-state index is 11.4. The molecule has 0 atom stereocenters. The zero-order valence-electron chi connectivity index (χ0n) is 10.3. The van der Waals surface area contributed by atoms with Gasteiger partial charge in [-0.1, -0.05) is 12.1 Å². The highest BCUT2D eigenvalue weighted by molar-refractivity contribution is 7.99. The second kappa shape index (κ2) is 5.41. The Bertz CT molecular complexity index is 604. The quantitative estimate of drug-likeness (QED) is 0.879. The number of hydrogen-bond acceptors (Lipinski definition) is 4. The molecule has 2 rings (SSSR count). The molecular formula is C12H15N3O2S. The lowest BCUT2D eigenvalue weighted by atomic mass is 10.1. The number of aromatic amines is 1. The van der Waals surface area contributed by atoms with Gasteiger partial charge < -0.3 is 5.11 Å². The Morgan fingerprint density at radius 2 is 2.28 bits per heavy atom. The minimum atomic E-state index is -0.190. The van der Waals surface area contributed by atoms with Crippen molar-refractivity contribution in [3.8, 4) is 0 Å². The lowest BCUT2D eigenvalue weighted by Gasteiger charge is -2.07. The second-order valence-corrected chi connectivity index (χ2v) is 4.92. The molecule has 5 nitrogen and oxygen atoms in total. The smallest absolute Gasteiger partial charge is 0.343 e. The Labute approximate surface area is 109 Å². The van der Waals surface area contributed by atoms with Crippen molar-refractivity contribution in [2.24, 2.45) is 0 Å². The lowest BCUT2D eigenvalue weighted by molar-refractivity contribution is 0.281. The second-order valence-electron chi connectivity index (χ2n) is 3.92. The average Bonchev–Trinajstić information content (AvgIpc) is 2.72. The molecule has 0 aliphatic carbocycles. The molecule has 2 aromatic rings. The molecule has 0 saturated carbocycles. The van der Waals surface area contributed by atoms with Gasteiger partial charge in [0.25, 0.3) is 0 Å². The molecule has 0 bridgehead atoms. The summed E-state index contributed by atoms with van der Waals surface area (Å²) in [5, 5.41) is 16.2. The topological polar surface area (TPSA) is 70.9 Å². The van der Waals surface area contributed by atoms with E-state index in [4.69, 9.17) is 5.11 Å². The minimum absolute atomic E-state index is 0.0356. The SMILES string of the molecule is CCn1c(Sc2ccc(CO)cc2C)n[nH]c1=O. The molecule has 0 spiro atoms. The van der Waals surface area contributed by atoms with Crippen LogP contribution in [0.25, 0.3) is 0 Å². The summed E-state index contributed by atoms with van der Waals surface area (Å²) < 4.78 is 1.59. The van der Waals surface area contributed by atoms with Crippen LogP contribution in [0, 0.1) is 6.92 Å². The number of aryl methyl sites for hydroxylation is 1. The molecule has 1 aromatic heterocycles. The normalized spacial score (nSPS) is 10.8. The molecule has 0 fully saturated rings. The third-order valence-corrected chi connectivity index (χ3v) is 3.83. The van der Waals surface area contributed by atoms with Gasteiger partial charge in [-0.2, -0.15) is 0 Å². The molecule has 0 radical (unpaired) electrons. The molecule has 96 valence electrons. The zero-order valence-corrected chi connectivity index (χ0v) is 11.1. The summed E-state index contributed by atoms with van der Waals surface area (Å²) in [5.41, 5.74) is 1.75. The molecular weight excluding hydrogens is 250 g/mol. The van der Waals surface area contributed by atoms with Gasteiger partial charge in [-0.05, 0) is 42.8 Å². The Kier molecular flexibility index (Phi) is 3.88. The van der Waals surface area contributed by atoms with E-state index >= 15 is 0 Å². The fourth-order valence-corrected chi connectivity index (χ4v) is 2.65. The zero-order chi connectivity index (χ0) is 13.1. The summed E-state index contributed by atoms with van der Waals surface area (Å²) in [6.45, 7) is 4.50. The summed E-state index contributed by atoms with van der Waals surface area (Å²) in [6, 6.07) is 5.74. The maximum atomic E-state index is 11.4. The Morgan fingerprint density at radius 1 is 1.50 bits per heavy atom. The van der Waals surface area contributed by atoms with Crippen LogP contribution in [-0.2, 0) is 13.2 Å². The van der Waals surface area contributed by atoms with Crippen molar-refractivity contribution in [1.29, 1.82) is 0 Å². The fourth-order valence-electron chi connectivity index (χ4n) is 1.68. The van der Waals surface area contributed by atoms with Crippen LogP contribution in [0.4, 0.5) is 0 Å².